The maximum absolute atomic E-state index is 13.9. The highest BCUT2D eigenvalue weighted by Crippen LogP contribution is 2.36. The van der Waals surface area contributed by atoms with Crippen LogP contribution in [0.25, 0.3) is 11.5 Å². The normalized spacial score (nSPS) is 21.1. The number of hydrogen-bond donors (Lipinski definition) is 1. The van der Waals surface area contributed by atoms with E-state index < -0.39 is 5.54 Å². The van der Waals surface area contributed by atoms with E-state index in [0.717, 1.165) is 42.5 Å². The average Bonchev–Trinajstić information content (AvgIpc) is 3.51. The lowest BCUT2D eigenvalue weighted by Gasteiger charge is -2.44. The van der Waals surface area contributed by atoms with E-state index >= 15 is 0 Å². The van der Waals surface area contributed by atoms with E-state index in [2.05, 4.69) is 10.4 Å². The summed E-state index contributed by atoms with van der Waals surface area (Å²) < 4.78 is 7.14. The Morgan fingerprint density at radius 3 is 2.69 bits per heavy atom. The number of nitrogens with zero attached hydrogens (tertiary/aromatic N) is 3. The Morgan fingerprint density at radius 1 is 1.19 bits per heavy atom. The summed E-state index contributed by atoms with van der Waals surface area (Å²) in [7, 11) is 0. The monoisotopic (exact) mass is 432 g/mol. The number of benzene rings is 1. The zero-order chi connectivity index (χ0) is 22.5. The molecule has 0 radical (unpaired) electrons. The number of furan rings is 1. The van der Waals surface area contributed by atoms with Crippen LogP contribution in [0.5, 0.6) is 0 Å². The molecule has 1 N–H and O–H groups in total. The molecule has 1 atom stereocenters. The highest BCUT2D eigenvalue weighted by atomic mass is 16.3. The van der Waals surface area contributed by atoms with Gasteiger partial charge in [-0.15, -0.1) is 0 Å². The molecule has 0 unspecified atom stereocenters. The van der Waals surface area contributed by atoms with Gasteiger partial charge < -0.3 is 9.73 Å². The van der Waals surface area contributed by atoms with Crippen LogP contribution >= 0.6 is 0 Å². The SMILES string of the molecule is Cc1ccc(C)c(N2C(=O)c3cc(-c4ccco4)nn3C[C@]2(C)C(=O)NC2CCCC2)c1. The molecule has 3 heterocycles. The third-order valence-corrected chi connectivity index (χ3v) is 6.71. The molecule has 0 bridgehead atoms. The van der Waals surface area contributed by atoms with Crippen molar-refractivity contribution in [1.29, 1.82) is 0 Å². The fourth-order valence-corrected chi connectivity index (χ4v) is 4.88. The quantitative estimate of drug-likeness (QED) is 0.669. The molecule has 0 saturated heterocycles. The summed E-state index contributed by atoms with van der Waals surface area (Å²) in [4.78, 5) is 29.2. The number of anilines is 1. The van der Waals surface area contributed by atoms with Crippen molar-refractivity contribution in [2.75, 3.05) is 4.90 Å². The van der Waals surface area contributed by atoms with Crippen molar-refractivity contribution < 1.29 is 14.0 Å². The van der Waals surface area contributed by atoms with Crippen LogP contribution in [0, 0.1) is 13.8 Å². The fourth-order valence-electron chi connectivity index (χ4n) is 4.88. The molecule has 5 rings (SSSR count). The van der Waals surface area contributed by atoms with E-state index in [1.807, 2.05) is 45.0 Å². The van der Waals surface area contributed by atoms with Gasteiger partial charge in [0, 0.05) is 17.8 Å². The molecule has 7 nitrogen and oxygen atoms in total. The number of amides is 2. The van der Waals surface area contributed by atoms with Crippen LogP contribution in [-0.4, -0.2) is 33.2 Å². The van der Waals surface area contributed by atoms with Gasteiger partial charge in [0.2, 0.25) is 5.91 Å². The summed E-state index contributed by atoms with van der Waals surface area (Å²) in [5, 5.41) is 7.83. The van der Waals surface area contributed by atoms with E-state index in [1.54, 1.807) is 28.0 Å². The Hall–Kier alpha value is -3.35. The average molecular weight is 433 g/mol. The summed E-state index contributed by atoms with van der Waals surface area (Å²) in [5.41, 5.74) is 2.65. The van der Waals surface area contributed by atoms with E-state index in [4.69, 9.17) is 4.42 Å². The van der Waals surface area contributed by atoms with Gasteiger partial charge in [0.15, 0.2) is 5.76 Å². The van der Waals surface area contributed by atoms with Crippen LogP contribution in [0.4, 0.5) is 5.69 Å². The van der Waals surface area contributed by atoms with Gasteiger partial charge in [0.05, 0.1) is 12.8 Å². The molecule has 2 aromatic heterocycles. The molecule has 1 saturated carbocycles. The number of fused-ring (bicyclic) bond motifs is 1. The molecule has 1 fully saturated rings. The number of aryl methyl sites for hydroxylation is 2. The van der Waals surface area contributed by atoms with E-state index in [1.165, 1.54) is 0 Å². The Kier molecular flexibility index (Phi) is 4.92. The van der Waals surface area contributed by atoms with Crippen molar-refractivity contribution in [2.24, 2.45) is 0 Å². The second-order valence-electron chi connectivity index (χ2n) is 9.21. The van der Waals surface area contributed by atoms with Gasteiger partial charge in [-0.05, 0) is 62.9 Å². The first-order chi connectivity index (χ1) is 15.4. The number of nitrogens with one attached hydrogen (secondary N) is 1. The minimum atomic E-state index is -1.11. The molecule has 166 valence electrons. The smallest absolute Gasteiger partial charge is 0.277 e. The first-order valence-electron chi connectivity index (χ1n) is 11.2. The van der Waals surface area contributed by atoms with E-state index in [0.29, 0.717) is 17.1 Å². The molecular weight excluding hydrogens is 404 g/mol. The molecule has 2 aliphatic rings. The highest BCUT2D eigenvalue weighted by Gasteiger charge is 2.49. The van der Waals surface area contributed by atoms with Gasteiger partial charge in [-0.1, -0.05) is 25.0 Å². The standard InChI is InChI=1S/C25H28N4O3/c1-16-10-11-17(2)20(13-16)29-23(30)21-14-19(22-9-6-12-32-22)27-28(21)15-25(29,3)24(31)26-18-7-4-5-8-18/h6,9-14,18H,4-5,7-8,15H2,1-3H3,(H,26,31)/t25-/m1/s1. The Bertz CT molecular complexity index is 1170. The highest BCUT2D eigenvalue weighted by molar-refractivity contribution is 6.12. The lowest BCUT2D eigenvalue weighted by Crippen LogP contribution is -2.65. The minimum absolute atomic E-state index is 0.139. The van der Waals surface area contributed by atoms with Crippen LogP contribution in [0.1, 0.15) is 54.2 Å². The molecule has 3 aromatic rings. The van der Waals surface area contributed by atoms with Crippen LogP contribution in [0.3, 0.4) is 0 Å². The topological polar surface area (TPSA) is 80.4 Å². The predicted molar refractivity (Wildman–Crippen MR) is 121 cm³/mol. The third kappa shape index (κ3) is 3.32. The molecule has 1 aliphatic heterocycles. The molecule has 0 spiro atoms. The molecule has 1 aromatic carbocycles. The lowest BCUT2D eigenvalue weighted by atomic mass is 9.92. The van der Waals surface area contributed by atoms with Gasteiger partial charge in [0.1, 0.15) is 16.9 Å². The maximum Gasteiger partial charge on any atom is 0.277 e. The van der Waals surface area contributed by atoms with E-state index in [-0.39, 0.29) is 24.4 Å². The first-order valence-corrected chi connectivity index (χ1v) is 11.2. The molecule has 7 heteroatoms. The van der Waals surface area contributed by atoms with Crippen molar-refractivity contribution in [3.05, 3.63) is 59.5 Å². The summed E-state index contributed by atoms with van der Waals surface area (Å²) in [6.07, 6.45) is 5.79. The number of carbonyl (C=O) groups is 2. The van der Waals surface area contributed by atoms with Gasteiger partial charge in [-0.2, -0.15) is 5.10 Å². The van der Waals surface area contributed by atoms with Crippen LogP contribution < -0.4 is 10.2 Å². The fraction of sp³-hybridized carbons (Fsp3) is 0.400. The zero-order valence-corrected chi connectivity index (χ0v) is 18.7. The van der Waals surface area contributed by atoms with Crippen molar-refractivity contribution in [3.63, 3.8) is 0 Å². The third-order valence-electron chi connectivity index (χ3n) is 6.71. The molecule has 32 heavy (non-hydrogen) atoms. The molecule has 2 amide bonds. The summed E-state index contributed by atoms with van der Waals surface area (Å²) >= 11 is 0. The zero-order valence-electron chi connectivity index (χ0n) is 18.7. The van der Waals surface area contributed by atoms with Crippen molar-refractivity contribution in [2.45, 2.75) is 64.6 Å². The number of rotatable bonds is 4. The maximum atomic E-state index is 13.9. The second kappa shape index (κ2) is 7.65. The molecular formula is C25H28N4O3. The Balaban J connectivity index is 1.61. The summed E-state index contributed by atoms with van der Waals surface area (Å²) in [6, 6.07) is 11.5. The van der Waals surface area contributed by atoms with Gasteiger partial charge in [-0.25, -0.2) is 0 Å². The number of aromatic nitrogens is 2. The number of carbonyl (C=O) groups excluding carboxylic acids is 2. The second-order valence-corrected chi connectivity index (χ2v) is 9.21. The van der Waals surface area contributed by atoms with Crippen molar-refractivity contribution in [3.8, 4) is 11.5 Å². The van der Waals surface area contributed by atoms with E-state index in [9.17, 15) is 9.59 Å². The Morgan fingerprint density at radius 2 is 1.97 bits per heavy atom. The van der Waals surface area contributed by atoms with Crippen molar-refractivity contribution >= 4 is 17.5 Å². The molecule has 1 aliphatic carbocycles. The minimum Gasteiger partial charge on any atom is -0.463 e. The van der Waals surface area contributed by atoms with Gasteiger partial charge in [-0.3, -0.25) is 19.2 Å². The predicted octanol–water partition coefficient (Wildman–Crippen LogP) is 4.24. The largest absolute Gasteiger partial charge is 0.463 e. The lowest BCUT2D eigenvalue weighted by molar-refractivity contribution is -0.127. The van der Waals surface area contributed by atoms with Crippen molar-refractivity contribution in [1.82, 2.24) is 15.1 Å². The Labute approximate surface area is 187 Å². The van der Waals surface area contributed by atoms with Crippen LogP contribution in [-0.2, 0) is 11.3 Å². The van der Waals surface area contributed by atoms with Crippen LogP contribution in [0.2, 0.25) is 0 Å². The first kappa shape index (κ1) is 20.5. The van der Waals surface area contributed by atoms with Gasteiger partial charge in [0.25, 0.3) is 5.91 Å². The summed E-state index contributed by atoms with van der Waals surface area (Å²) in [6.45, 7) is 6.07. The summed E-state index contributed by atoms with van der Waals surface area (Å²) in [5.74, 6) is 0.216. The van der Waals surface area contributed by atoms with Gasteiger partial charge >= 0.3 is 0 Å². The number of hydrogen-bond acceptors (Lipinski definition) is 4. The van der Waals surface area contributed by atoms with Crippen LogP contribution in [0.15, 0.2) is 47.1 Å².